The molecule has 86 valence electrons. The van der Waals surface area contributed by atoms with E-state index in [1.54, 1.807) is 0 Å². The minimum atomic E-state index is 0. The van der Waals surface area contributed by atoms with Gasteiger partial charge in [0, 0.05) is 7.11 Å². The van der Waals surface area contributed by atoms with Crippen LogP contribution >= 0.6 is 0 Å². The van der Waals surface area contributed by atoms with E-state index in [1.165, 1.54) is 12.8 Å². The lowest BCUT2D eigenvalue weighted by Gasteiger charge is -2.43. The van der Waals surface area contributed by atoms with Crippen LogP contribution in [-0.4, -0.2) is 18.7 Å². The number of ether oxygens (including phenoxy) is 1. The molecule has 2 heteroatoms. The molecule has 0 aromatic rings. The summed E-state index contributed by atoms with van der Waals surface area (Å²) in [6.07, 6.45) is 3.07. The van der Waals surface area contributed by atoms with Crippen molar-refractivity contribution in [1.82, 2.24) is 0 Å². The minimum Gasteiger partial charge on any atom is -0.412 e. The van der Waals surface area contributed by atoms with Crippen molar-refractivity contribution < 1.29 is 10.2 Å². The van der Waals surface area contributed by atoms with Gasteiger partial charge in [0.2, 0.25) is 0 Å². The number of hydrogen-bond donors (Lipinski definition) is 0. The van der Waals surface area contributed by atoms with Gasteiger partial charge in [-0.15, -0.1) is 0 Å². The van der Waals surface area contributed by atoms with Crippen LogP contribution in [0.3, 0.4) is 0 Å². The van der Waals surface area contributed by atoms with E-state index in [4.69, 9.17) is 4.74 Å². The summed E-state index contributed by atoms with van der Waals surface area (Å²) in [5.74, 6) is 3.28. The second-order valence-electron chi connectivity index (χ2n) is 4.78. The van der Waals surface area contributed by atoms with E-state index >= 15 is 0 Å². The highest BCUT2D eigenvalue weighted by molar-refractivity contribution is 4.86. The molecular weight excluding hydrogens is 176 g/mol. The molecule has 0 saturated heterocycles. The molecule has 0 spiro atoms. The first-order valence-corrected chi connectivity index (χ1v) is 5.64. The Morgan fingerprint density at radius 3 is 2.14 bits per heavy atom. The van der Waals surface area contributed by atoms with Gasteiger partial charge in [-0.3, -0.25) is 0 Å². The van der Waals surface area contributed by atoms with Crippen molar-refractivity contribution in [2.75, 3.05) is 7.11 Å². The van der Waals surface area contributed by atoms with Crippen molar-refractivity contribution in [3.8, 4) is 0 Å². The molecular formula is C12H26O2. The highest BCUT2D eigenvalue weighted by atomic mass is 16.5. The molecule has 0 bridgehead atoms. The van der Waals surface area contributed by atoms with Crippen LogP contribution in [0.1, 0.15) is 40.5 Å². The van der Waals surface area contributed by atoms with E-state index in [2.05, 4.69) is 27.7 Å². The lowest BCUT2D eigenvalue weighted by molar-refractivity contribution is -0.0395. The van der Waals surface area contributed by atoms with Crippen LogP contribution < -0.4 is 0 Å². The summed E-state index contributed by atoms with van der Waals surface area (Å²) in [5, 5.41) is 0. The molecule has 5 atom stereocenters. The van der Waals surface area contributed by atoms with Crippen LogP contribution in [0.25, 0.3) is 0 Å². The molecule has 0 radical (unpaired) electrons. The predicted octanol–water partition coefficient (Wildman–Crippen LogP) is 2.51. The fourth-order valence-corrected chi connectivity index (χ4v) is 3.09. The molecule has 0 amide bonds. The quantitative estimate of drug-likeness (QED) is 0.678. The Labute approximate surface area is 88.3 Å². The Hall–Kier alpha value is -0.0800. The summed E-state index contributed by atoms with van der Waals surface area (Å²) in [6, 6.07) is 0. The topological polar surface area (TPSA) is 40.7 Å². The molecule has 0 heterocycles. The number of hydrogen-bond acceptors (Lipinski definition) is 1. The zero-order chi connectivity index (χ0) is 10.0. The molecule has 2 nitrogen and oxygen atoms in total. The first-order chi connectivity index (χ1) is 6.11. The highest BCUT2D eigenvalue weighted by Gasteiger charge is 2.37. The van der Waals surface area contributed by atoms with E-state index in [0.29, 0.717) is 6.10 Å². The number of methoxy groups -OCH3 is 1. The molecule has 1 fully saturated rings. The van der Waals surface area contributed by atoms with Crippen molar-refractivity contribution in [3.05, 3.63) is 0 Å². The molecule has 1 saturated carbocycles. The number of rotatable bonds is 2. The maximum atomic E-state index is 5.54. The van der Waals surface area contributed by atoms with Crippen LogP contribution in [0.15, 0.2) is 0 Å². The summed E-state index contributed by atoms with van der Waals surface area (Å²) in [4.78, 5) is 0. The zero-order valence-electron chi connectivity index (χ0n) is 10.2. The van der Waals surface area contributed by atoms with Gasteiger partial charge in [0.05, 0.1) is 6.10 Å². The van der Waals surface area contributed by atoms with Gasteiger partial charge in [0.1, 0.15) is 0 Å². The van der Waals surface area contributed by atoms with Crippen molar-refractivity contribution in [1.29, 1.82) is 0 Å². The third-order valence-corrected chi connectivity index (χ3v) is 4.20. The second kappa shape index (κ2) is 5.72. The smallest absolute Gasteiger partial charge is 0.0602 e. The normalized spacial score (nSPS) is 43.1. The Kier molecular flexibility index (Phi) is 5.68. The van der Waals surface area contributed by atoms with Gasteiger partial charge in [-0.05, 0) is 30.1 Å². The average Bonchev–Trinajstić information content (AvgIpc) is 2.12. The first-order valence-electron chi connectivity index (χ1n) is 5.64. The SMILES string of the molecule is CCC1C(C)CC(OC)C(C)C1C.O. The first kappa shape index (κ1) is 13.9. The third-order valence-electron chi connectivity index (χ3n) is 4.20. The summed E-state index contributed by atoms with van der Waals surface area (Å²) >= 11 is 0. The lowest BCUT2D eigenvalue weighted by atomic mass is 9.66. The lowest BCUT2D eigenvalue weighted by Crippen LogP contribution is -2.40. The largest absolute Gasteiger partial charge is 0.412 e. The molecule has 0 aliphatic heterocycles. The summed E-state index contributed by atoms with van der Waals surface area (Å²) in [7, 11) is 1.85. The van der Waals surface area contributed by atoms with Gasteiger partial charge < -0.3 is 10.2 Å². The predicted molar refractivity (Wildman–Crippen MR) is 60.3 cm³/mol. The Morgan fingerprint density at radius 1 is 1.14 bits per heavy atom. The molecule has 1 aliphatic carbocycles. The van der Waals surface area contributed by atoms with E-state index < -0.39 is 0 Å². The van der Waals surface area contributed by atoms with Gasteiger partial charge in [-0.25, -0.2) is 0 Å². The van der Waals surface area contributed by atoms with Crippen LogP contribution in [-0.2, 0) is 4.74 Å². The van der Waals surface area contributed by atoms with Crippen molar-refractivity contribution in [2.45, 2.75) is 46.6 Å². The van der Waals surface area contributed by atoms with E-state index in [0.717, 1.165) is 23.7 Å². The summed E-state index contributed by atoms with van der Waals surface area (Å²) in [6.45, 7) is 9.42. The monoisotopic (exact) mass is 202 g/mol. The molecule has 0 aromatic carbocycles. The van der Waals surface area contributed by atoms with Gasteiger partial charge in [0.25, 0.3) is 0 Å². The molecule has 1 aliphatic rings. The van der Waals surface area contributed by atoms with Crippen molar-refractivity contribution >= 4 is 0 Å². The van der Waals surface area contributed by atoms with E-state index in [9.17, 15) is 0 Å². The van der Waals surface area contributed by atoms with Crippen LogP contribution in [0, 0.1) is 23.7 Å². The molecule has 5 unspecified atom stereocenters. The third kappa shape index (κ3) is 2.48. The van der Waals surface area contributed by atoms with E-state index in [1.807, 2.05) is 7.11 Å². The Morgan fingerprint density at radius 2 is 1.71 bits per heavy atom. The van der Waals surface area contributed by atoms with Gasteiger partial charge in [-0.1, -0.05) is 34.1 Å². The molecule has 0 aromatic heterocycles. The summed E-state index contributed by atoms with van der Waals surface area (Å²) < 4.78 is 5.54. The fourth-order valence-electron chi connectivity index (χ4n) is 3.09. The van der Waals surface area contributed by atoms with Crippen LogP contribution in [0.2, 0.25) is 0 Å². The Balaban J connectivity index is 0.00000169. The van der Waals surface area contributed by atoms with E-state index in [-0.39, 0.29) is 5.48 Å². The standard InChI is InChI=1S/C12H24O.H2O/c1-6-11-8(2)7-12(13-5)10(4)9(11)3;/h8-12H,6-7H2,1-5H3;1H2. The molecule has 1 rings (SSSR count). The van der Waals surface area contributed by atoms with Crippen LogP contribution in [0.5, 0.6) is 0 Å². The zero-order valence-corrected chi connectivity index (χ0v) is 10.2. The Bertz CT molecular complexity index is 158. The van der Waals surface area contributed by atoms with Crippen LogP contribution in [0.4, 0.5) is 0 Å². The molecule has 14 heavy (non-hydrogen) atoms. The van der Waals surface area contributed by atoms with Gasteiger partial charge >= 0.3 is 0 Å². The summed E-state index contributed by atoms with van der Waals surface area (Å²) in [5.41, 5.74) is 0. The highest BCUT2D eigenvalue weighted by Crippen LogP contribution is 2.41. The second-order valence-corrected chi connectivity index (χ2v) is 4.78. The maximum Gasteiger partial charge on any atom is 0.0602 e. The van der Waals surface area contributed by atoms with Crippen molar-refractivity contribution in [3.63, 3.8) is 0 Å². The van der Waals surface area contributed by atoms with Gasteiger partial charge in [-0.2, -0.15) is 0 Å². The fraction of sp³-hybridized carbons (Fsp3) is 1.00. The maximum absolute atomic E-state index is 5.54. The average molecular weight is 202 g/mol. The minimum absolute atomic E-state index is 0. The molecule has 2 N–H and O–H groups in total. The van der Waals surface area contributed by atoms with Gasteiger partial charge in [0.15, 0.2) is 0 Å². The van der Waals surface area contributed by atoms with Crippen molar-refractivity contribution in [2.24, 2.45) is 23.7 Å².